The molecule has 0 aliphatic heterocycles. The molecule has 0 spiro atoms. The van der Waals surface area contributed by atoms with Crippen LogP contribution in [0.15, 0.2) is 47.2 Å². The Morgan fingerprint density at radius 1 is 1.31 bits per heavy atom. The molecule has 1 N–H and O–H groups in total. The van der Waals surface area contributed by atoms with Crippen LogP contribution in [0.4, 0.5) is 0 Å². The van der Waals surface area contributed by atoms with Crippen molar-refractivity contribution in [2.75, 3.05) is 7.11 Å². The lowest BCUT2D eigenvalue weighted by Crippen LogP contribution is -2.22. The second-order valence-corrected chi connectivity index (χ2v) is 5.53. The Hall–Kier alpha value is -3.29. The van der Waals surface area contributed by atoms with Gasteiger partial charge in [-0.25, -0.2) is 0 Å². The number of aryl methyl sites for hydroxylation is 1. The van der Waals surface area contributed by atoms with Gasteiger partial charge in [-0.2, -0.15) is 5.10 Å². The first-order chi connectivity index (χ1) is 12.7. The first-order valence-corrected chi connectivity index (χ1v) is 8.20. The molecule has 136 valence electrons. The van der Waals surface area contributed by atoms with E-state index in [0.29, 0.717) is 23.8 Å². The molecular formula is C18H20N4O4. The molecule has 3 aromatic rings. The second-order valence-electron chi connectivity index (χ2n) is 5.53. The predicted octanol–water partition coefficient (Wildman–Crippen LogP) is 2.41. The summed E-state index contributed by atoms with van der Waals surface area (Å²) in [4.78, 5) is 12.1. The molecule has 0 aliphatic carbocycles. The standard InChI is InChI=1S/C18H20N4O4/c1-3-22-11-13(10-20-22)9-19-18(23)17-8-16(26-21-17)12-25-15-6-4-5-14(7-15)24-2/h4-8,10-11H,3,9,12H2,1-2H3,(H,19,23). The van der Waals surface area contributed by atoms with Crippen LogP contribution in [-0.2, 0) is 19.7 Å². The molecule has 3 rings (SSSR count). The number of ether oxygens (including phenoxy) is 2. The normalized spacial score (nSPS) is 10.5. The fourth-order valence-electron chi connectivity index (χ4n) is 2.28. The van der Waals surface area contributed by atoms with E-state index in [2.05, 4.69) is 15.6 Å². The fourth-order valence-corrected chi connectivity index (χ4v) is 2.28. The van der Waals surface area contributed by atoms with Gasteiger partial charge in [-0.3, -0.25) is 9.48 Å². The summed E-state index contributed by atoms with van der Waals surface area (Å²) in [6.45, 7) is 3.33. The molecule has 2 heterocycles. The lowest BCUT2D eigenvalue weighted by molar-refractivity contribution is 0.0941. The van der Waals surface area contributed by atoms with E-state index in [0.717, 1.165) is 12.1 Å². The molecule has 0 fully saturated rings. The highest BCUT2D eigenvalue weighted by atomic mass is 16.5. The van der Waals surface area contributed by atoms with Gasteiger partial charge in [-0.1, -0.05) is 11.2 Å². The Morgan fingerprint density at radius 3 is 2.92 bits per heavy atom. The van der Waals surface area contributed by atoms with Gasteiger partial charge in [0.15, 0.2) is 11.5 Å². The monoisotopic (exact) mass is 356 g/mol. The molecule has 2 aromatic heterocycles. The Morgan fingerprint density at radius 2 is 2.15 bits per heavy atom. The summed E-state index contributed by atoms with van der Waals surface area (Å²) >= 11 is 0. The zero-order chi connectivity index (χ0) is 18.4. The highest BCUT2D eigenvalue weighted by molar-refractivity contribution is 5.92. The van der Waals surface area contributed by atoms with Crippen molar-refractivity contribution in [2.24, 2.45) is 0 Å². The van der Waals surface area contributed by atoms with Gasteiger partial charge < -0.3 is 19.3 Å². The average Bonchev–Trinajstić information content (AvgIpc) is 3.34. The van der Waals surface area contributed by atoms with E-state index < -0.39 is 0 Å². The highest BCUT2D eigenvalue weighted by Crippen LogP contribution is 2.20. The smallest absolute Gasteiger partial charge is 0.273 e. The van der Waals surface area contributed by atoms with E-state index >= 15 is 0 Å². The van der Waals surface area contributed by atoms with E-state index in [-0.39, 0.29) is 18.2 Å². The van der Waals surface area contributed by atoms with E-state index in [1.54, 1.807) is 30.1 Å². The van der Waals surface area contributed by atoms with Crippen LogP contribution >= 0.6 is 0 Å². The third-order valence-corrected chi connectivity index (χ3v) is 3.68. The number of hydrogen-bond acceptors (Lipinski definition) is 6. The van der Waals surface area contributed by atoms with Gasteiger partial charge in [0.1, 0.15) is 18.1 Å². The first kappa shape index (κ1) is 17.5. The number of rotatable bonds is 8. The van der Waals surface area contributed by atoms with Gasteiger partial charge in [0.2, 0.25) is 0 Å². The quantitative estimate of drug-likeness (QED) is 0.666. The minimum atomic E-state index is -0.314. The summed E-state index contributed by atoms with van der Waals surface area (Å²) < 4.78 is 17.7. The number of amides is 1. The lowest BCUT2D eigenvalue weighted by Gasteiger charge is -2.05. The number of hydrogen-bond donors (Lipinski definition) is 1. The third-order valence-electron chi connectivity index (χ3n) is 3.68. The zero-order valence-corrected chi connectivity index (χ0v) is 14.6. The molecular weight excluding hydrogens is 336 g/mol. The molecule has 0 saturated carbocycles. The maximum atomic E-state index is 12.1. The van der Waals surface area contributed by atoms with Crippen molar-refractivity contribution in [3.8, 4) is 11.5 Å². The SMILES string of the molecule is CCn1cc(CNC(=O)c2cc(COc3cccc(OC)c3)on2)cn1. The first-order valence-electron chi connectivity index (χ1n) is 8.20. The number of methoxy groups -OCH3 is 1. The summed E-state index contributed by atoms with van der Waals surface area (Å²) in [6.07, 6.45) is 3.61. The van der Waals surface area contributed by atoms with E-state index in [1.165, 1.54) is 0 Å². The van der Waals surface area contributed by atoms with Crippen molar-refractivity contribution in [3.63, 3.8) is 0 Å². The molecule has 0 aliphatic rings. The van der Waals surface area contributed by atoms with E-state index in [1.807, 2.05) is 31.3 Å². The molecule has 0 radical (unpaired) electrons. The number of nitrogens with one attached hydrogen (secondary N) is 1. The van der Waals surface area contributed by atoms with Crippen LogP contribution in [0.3, 0.4) is 0 Å². The predicted molar refractivity (Wildman–Crippen MR) is 92.9 cm³/mol. The highest BCUT2D eigenvalue weighted by Gasteiger charge is 2.13. The van der Waals surface area contributed by atoms with Crippen LogP contribution in [0.5, 0.6) is 11.5 Å². The van der Waals surface area contributed by atoms with Gasteiger partial charge in [0.25, 0.3) is 5.91 Å². The van der Waals surface area contributed by atoms with Crippen molar-refractivity contribution < 1.29 is 18.8 Å². The van der Waals surface area contributed by atoms with Crippen molar-refractivity contribution >= 4 is 5.91 Å². The molecule has 26 heavy (non-hydrogen) atoms. The molecule has 0 atom stereocenters. The Labute approximate surface area is 150 Å². The van der Waals surface area contributed by atoms with Crippen LogP contribution < -0.4 is 14.8 Å². The largest absolute Gasteiger partial charge is 0.497 e. The number of nitrogens with zero attached hydrogens (tertiary/aromatic N) is 3. The summed E-state index contributed by atoms with van der Waals surface area (Å²) in [5, 5.41) is 10.7. The molecule has 1 amide bonds. The van der Waals surface area contributed by atoms with Gasteiger partial charge in [0, 0.05) is 37.0 Å². The zero-order valence-electron chi connectivity index (χ0n) is 14.6. The van der Waals surface area contributed by atoms with Crippen molar-refractivity contribution in [1.29, 1.82) is 0 Å². The van der Waals surface area contributed by atoms with Gasteiger partial charge >= 0.3 is 0 Å². The average molecular weight is 356 g/mol. The van der Waals surface area contributed by atoms with Crippen LogP contribution in [0.1, 0.15) is 28.7 Å². The van der Waals surface area contributed by atoms with Gasteiger partial charge in [-0.15, -0.1) is 0 Å². The molecule has 0 unspecified atom stereocenters. The number of benzene rings is 1. The molecule has 8 nitrogen and oxygen atoms in total. The number of carbonyl (C=O) groups is 1. The second kappa shape index (κ2) is 8.19. The molecule has 8 heteroatoms. The van der Waals surface area contributed by atoms with Gasteiger partial charge in [-0.05, 0) is 19.1 Å². The maximum absolute atomic E-state index is 12.1. The van der Waals surface area contributed by atoms with E-state index in [9.17, 15) is 4.79 Å². The van der Waals surface area contributed by atoms with Crippen molar-refractivity contribution in [3.05, 3.63) is 59.7 Å². The van der Waals surface area contributed by atoms with Gasteiger partial charge in [0.05, 0.1) is 13.3 Å². The Balaban J connectivity index is 1.52. The van der Waals surface area contributed by atoms with Crippen LogP contribution in [-0.4, -0.2) is 28.0 Å². The van der Waals surface area contributed by atoms with Crippen LogP contribution in [0.2, 0.25) is 0 Å². The number of aromatic nitrogens is 3. The lowest BCUT2D eigenvalue weighted by atomic mass is 10.3. The summed E-state index contributed by atoms with van der Waals surface area (Å²) in [6, 6.07) is 8.79. The molecule has 0 bridgehead atoms. The van der Waals surface area contributed by atoms with Crippen molar-refractivity contribution in [2.45, 2.75) is 26.6 Å². The third kappa shape index (κ3) is 4.41. The minimum Gasteiger partial charge on any atom is -0.497 e. The van der Waals surface area contributed by atoms with Crippen LogP contribution in [0.25, 0.3) is 0 Å². The Kier molecular flexibility index (Phi) is 5.52. The topological polar surface area (TPSA) is 91.4 Å². The Bertz CT molecular complexity index is 871. The molecule has 0 saturated heterocycles. The van der Waals surface area contributed by atoms with E-state index in [4.69, 9.17) is 14.0 Å². The minimum absolute atomic E-state index is 0.163. The molecule has 1 aromatic carbocycles. The fraction of sp³-hybridized carbons (Fsp3) is 0.278. The van der Waals surface area contributed by atoms with Crippen molar-refractivity contribution in [1.82, 2.24) is 20.3 Å². The van der Waals surface area contributed by atoms with Crippen LogP contribution in [0, 0.1) is 0 Å². The summed E-state index contributed by atoms with van der Waals surface area (Å²) in [5.41, 5.74) is 1.13. The summed E-state index contributed by atoms with van der Waals surface area (Å²) in [5.74, 6) is 1.48. The summed E-state index contributed by atoms with van der Waals surface area (Å²) in [7, 11) is 1.59. The maximum Gasteiger partial charge on any atom is 0.273 e. The number of carbonyl (C=O) groups excluding carboxylic acids is 1.